The van der Waals surface area contributed by atoms with Gasteiger partial charge in [0.25, 0.3) is 0 Å². The van der Waals surface area contributed by atoms with E-state index in [1.807, 2.05) is 22.9 Å². The normalized spacial score (nSPS) is 15.2. The molecule has 9 nitrogen and oxygen atoms in total. The molecule has 5 rings (SSSR count). The molecule has 0 saturated carbocycles. The summed E-state index contributed by atoms with van der Waals surface area (Å²) >= 11 is 0. The molecule has 4 heterocycles. The van der Waals surface area contributed by atoms with E-state index in [9.17, 15) is 15.3 Å². The van der Waals surface area contributed by atoms with E-state index in [-0.39, 0.29) is 17.6 Å². The van der Waals surface area contributed by atoms with Crippen LogP contribution in [0.4, 0.5) is 0 Å². The molecular weight excluding hydrogens is 454 g/mol. The van der Waals surface area contributed by atoms with Crippen molar-refractivity contribution in [3.05, 3.63) is 78.9 Å². The fraction of sp³-hybridized carbons (Fsp3) is 0.185. The number of hydrogen-bond acceptors (Lipinski definition) is 7. The summed E-state index contributed by atoms with van der Waals surface area (Å²) in [5.41, 5.74) is 2.85. The lowest BCUT2D eigenvalue weighted by molar-refractivity contribution is -0.127. The largest absolute Gasteiger partial charge is 0.454 e. The number of aromatic nitrogens is 4. The monoisotopic (exact) mass is 475 g/mol. The number of nitrogens with zero attached hydrogens (tertiary/aromatic N) is 7. The van der Waals surface area contributed by atoms with E-state index in [1.165, 1.54) is 18.5 Å². The lowest BCUT2D eigenvalue weighted by Gasteiger charge is -2.32. The van der Waals surface area contributed by atoms with Gasteiger partial charge in [-0.1, -0.05) is 6.58 Å². The van der Waals surface area contributed by atoms with E-state index in [0.717, 1.165) is 23.8 Å². The van der Waals surface area contributed by atoms with Crippen LogP contribution in [0.2, 0.25) is 0 Å². The van der Waals surface area contributed by atoms with E-state index in [0.29, 0.717) is 41.4 Å². The highest BCUT2D eigenvalue weighted by Gasteiger charge is 2.27. The Morgan fingerprint density at radius 2 is 2.00 bits per heavy atom. The second kappa shape index (κ2) is 9.69. The Morgan fingerprint density at radius 1 is 1.17 bits per heavy atom. The van der Waals surface area contributed by atoms with Crippen molar-refractivity contribution in [3.63, 3.8) is 0 Å². The lowest BCUT2D eigenvalue weighted by Crippen LogP contribution is -2.40. The number of pyridine rings is 2. The number of carbonyl (C=O) groups excluding carboxylic acids is 1. The van der Waals surface area contributed by atoms with E-state index in [2.05, 4.69) is 22.6 Å². The molecule has 1 aromatic carbocycles. The van der Waals surface area contributed by atoms with Crippen molar-refractivity contribution in [2.45, 2.75) is 18.9 Å². The maximum Gasteiger partial charge on any atom is 0.246 e. The zero-order chi connectivity index (χ0) is 25.1. The molecule has 36 heavy (non-hydrogen) atoms. The smallest absolute Gasteiger partial charge is 0.246 e. The van der Waals surface area contributed by atoms with Crippen LogP contribution in [0.5, 0.6) is 11.5 Å². The van der Waals surface area contributed by atoms with Crippen LogP contribution in [0.15, 0.2) is 67.6 Å². The Balaban J connectivity index is 1.52. The van der Waals surface area contributed by atoms with Crippen LogP contribution < -0.4 is 4.74 Å². The zero-order valence-corrected chi connectivity index (χ0v) is 19.3. The van der Waals surface area contributed by atoms with E-state index >= 15 is 0 Å². The molecule has 9 heteroatoms. The number of fused-ring (bicyclic) bond motifs is 1. The molecule has 1 aliphatic rings. The van der Waals surface area contributed by atoms with Gasteiger partial charge >= 0.3 is 0 Å². The van der Waals surface area contributed by atoms with Gasteiger partial charge < -0.3 is 9.64 Å². The molecule has 0 bridgehead atoms. The number of nitriles is 2. The average molecular weight is 476 g/mol. The van der Waals surface area contributed by atoms with Crippen LogP contribution in [0, 0.1) is 22.7 Å². The van der Waals surface area contributed by atoms with Crippen molar-refractivity contribution >= 4 is 16.8 Å². The number of benzene rings is 1. The van der Waals surface area contributed by atoms with Crippen molar-refractivity contribution < 1.29 is 9.53 Å². The van der Waals surface area contributed by atoms with Gasteiger partial charge in [0.2, 0.25) is 5.91 Å². The number of carbonyl (C=O) groups is 1. The second-order valence-electron chi connectivity index (χ2n) is 8.36. The van der Waals surface area contributed by atoms with Gasteiger partial charge in [0.05, 0.1) is 17.1 Å². The fourth-order valence-electron chi connectivity index (χ4n) is 4.49. The first kappa shape index (κ1) is 22.8. The van der Waals surface area contributed by atoms with Gasteiger partial charge in [-0.05, 0) is 55.3 Å². The highest BCUT2D eigenvalue weighted by Crippen LogP contribution is 2.35. The Kier molecular flexibility index (Phi) is 6.12. The number of piperidine rings is 1. The number of hydrogen-bond donors (Lipinski definition) is 0. The van der Waals surface area contributed by atoms with Crippen LogP contribution in [0.1, 0.15) is 30.1 Å². The minimum absolute atomic E-state index is 0.0778. The van der Waals surface area contributed by atoms with Crippen LogP contribution in [-0.4, -0.2) is 43.6 Å². The fourth-order valence-corrected chi connectivity index (χ4v) is 4.49. The van der Waals surface area contributed by atoms with Gasteiger partial charge in [-0.3, -0.25) is 14.5 Å². The van der Waals surface area contributed by atoms with Gasteiger partial charge in [0.1, 0.15) is 23.6 Å². The molecule has 3 aromatic heterocycles. The van der Waals surface area contributed by atoms with Crippen LogP contribution in [0.3, 0.4) is 0 Å². The molecule has 0 unspecified atom stereocenters. The van der Waals surface area contributed by atoms with Gasteiger partial charge in [-0.15, -0.1) is 0 Å². The first-order valence-electron chi connectivity index (χ1n) is 11.4. The molecule has 0 radical (unpaired) electrons. The summed E-state index contributed by atoms with van der Waals surface area (Å²) in [6.45, 7) is 4.77. The third kappa shape index (κ3) is 4.15. The molecule has 4 aromatic rings. The Bertz CT molecular complexity index is 1540. The molecule has 1 amide bonds. The van der Waals surface area contributed by atoms with Crippen LogP contribution in [0.25, 0.3) is 22.2 Å². The summed E-state index contributed by atoms with van der Waals surface area (Å²) in [5.74, 6) is 0.817. The van der Waals surface area contributed by atoms with Crippen molar-refractivity contribution in [1.29, 1.82) is 10.5 Å². The second-order valence-corrected chi connectivity index (χ2v) is 8.36. The first-order chi connectivity index (χ1) is 17.6. The summed E-state index contributed by atoms with van der Waals surface area (Å²) in [6.07, 6.45) is 7.79. The number of amides is 1. The third-order valence-corrected chi connectivity index (χ3v) is 6.19. The van der Waals surface area contributed by atoms with Gasteiger partial charge in [0, 0.05) is 42.6 Å². The van der Waals surface area contributed by atoms with E-state index < -0.39 is 0 Å². The molecule has 0 spiro atoms. The average Bonchev–Trinajstić information content (AvgIpc) is 3.33. The lowest BCUT2D eigenvalue weighted by atomic mass is 10.0. The predicted octanol–water partition coefficient (Wildman–Crippen LogP) is 4.38. The molecule has 1 saturated heterocycles. The number of rotatable bonds is 5. The SMILES string of the molecule is C=CC(=O)N1CCC[C@@H](n2nc(-c3ccc(Oc4cccnc4C#N)cc3)c3cncc(C#N)c32)C1. The topological polar surface area (TPSA) is 121 Å². The summed E-state index contributed by atoms with van der Waals surface area (Å²) in [5, 5.41) is 24.7. The quantitative estimate of drug-likeness (QED) is 0.393. The molecule has 1 fully saturated rings. The summed E-state index contributed by atoms with van der Waals surface area (Å²) in [6, 6.07) is 14.9. The van der Waals surface area contributed by atoms with Crippen molar-refractivity contribution in [2.75, 3.05) is 13.1 Å². The van der Waals surface area contributed by atoms with Gasteiger partial charge in [-0.25, -0.2) is 4.98 Å². The first-order valence-corrected chi connectivity index (χ1v) is 11.4. The van der Waals surface area contributed by atoms with Crippen molar-refractivity contribution in [1.82, 2.24) is 24.6 Å². The molecule has 1 atom stereocenters. The van der Waals surface area contributed by atoms with Crippen molar-refractivity contribution in [3.8, 4) is 34.9 Å². The minimum Gasteiger partial charge on any atom is -0.454 e. The van der Waals surface area contributed by atoms with Gasteiger partial charge in [0.15, 0.2) is 11.4 Å². The molecule has 0 N–H and O–H groups in total. The Labute approximate surface area is 207 Å². The number of likely N-dealkylation sites (tertiary alicyclic amines) is 1. The summed E-state index contributed by atoms with van der Waals surface area (Å²) < 4.78 is 7.72. The van der Waals surface area contributed by atoms with Crippen LogP contribution in [-0.2, 0) is 4.79 Å². The summed E-state index contributed by atoms with van der Waals surface area (Å²) in [7, 11) is 0. The van der Waals surface area contributed by atoms with E-state index in [1.54, 1.807) is 35.4 Å². The number of ether oxygens (including phenoxy) is 1. The molecular formula is C27H21N7O2. The maximum absolute atomic E-state index is 12.2. The predicted molar refractivity (Wildman–Crippen MR) is 132 cm³/mol. The van der Waals surface area contributed by atoms with E-state index in [4.69, 9.17) is 9.84 Å². The highest BCUT2D eigenvalue weighted by molar-refractivity contribution is 5.95. The zero-order valence-electron chi connectivity index (χ0n) is 19.3. The Hall–Kier alpha value is -5.02. The van der Waals surface area contributed by atoms with Gasteiger partial charge in [-0.2, -0.15) is 15.6 Å². The van der Waals surface area contributed by atoms with Crippen molar-refractivity contribution in [2.24, 2.45) is 0 Å². The molecule has 1 aliphatic heterocycles. The third-order valence-electron chi connectivity index (χ3n) is 6.19. The molecule has 176 valence electrons. The standard InChI is InChI=1S/C27H21N7O2/c1-2-25(35)33-12-4-5-20(17-33)34-27-19(13-28)15-30-16-22(27)26(32-34)18-7-9-21(10-8-18)36-24-6-3-11-31-23(24)14-29/h2-3,6-11,15-16,20H,1,4-5,12,17H2/t20-/m1/s1. The Morgan fingerprint density at radius 3 is 2.75 bits per heavy atom. The van der Waals surface area contributed by atoms with Crippen LogP contribution >= 0.6 is 0 Å². The minimum atomic E-state index is -0.109. The highest BCUT2D eigenvalue weighted by atomic mass is 16.5. The molecule has 0 aliphatic carbocycles. The maximum atomic E-state index is 12.2. The summed E-state index contributed by atoms with van der Waals surface area (Å²) in [4.78, 5) is 22.3.